The summed E-state index contributed by atoms with van der Waals surface area (Å²) >= 11 is 0. The summed E-state index contributed by atoms with van der Waals surface area (Å²) < 4.78 is 43.9. The molecule has 2 aromatic heterocycles. The molecule has 0 atom stereocenters. The summed E-state index contributed by atoms with van der Waals surface area (Å²) in [7, 11) is 1.28. The Kier molecular flexibility index (Phi) is 5.16. The smallest absolute Gasteiger partial charge is 0.432 e. The Morgan fingerprint density at radius 1 is 1.29 bits per heavy atom. The zero-order valence-electron chi connectivity index (χ0n) is 14.4. The van der Waals surface area contributed by atoms with Gasteiger partial charge in [-0.15, -0.1) is 0 Å². The van der Waals surface area contributed by atoms with E-state index in [9.17, 15) is 22.8 Å². The number of H-pyrrole nitrogens is 1. The number of carbonyl (C=O) groups is 2. The monoisotopic (exact) mass is 393 g/mol. The van der Waals surface area contributed by atoms with Crippen molar-refractivity contribution in [3.05, 3.63) is 65.2 Å². The highest BCUT2D eigenvalue weighted by Crippen LogP contribution is 2.27. The molecular formula is C17H14F3N5O3. The van der Waals surface area contributed by atoms with Crippen LogP contribution in [0.2, 0.25) is 0 Å². The van der Waals surface area contributed by atoms with Gasteiger partial charge in [0.25, 0.3) is 5.91 Å². The number of nitrogens with zero attached hydrogens (tertiary/aromatic N) is 3. The second kappa shape index (κ2) is 7.55. The van der Waals surface area contributed by atoms with Crippen LogP contribution in [0.5, 0.6) is 0 Å². The molecule has 0 fully saturated rings. The minimum absolute atomic E-state index is 0.224. The number of rotatable bonds is 5. The number of benzene rings is 1. The van der Waals surface area contributed by atoms with E-state index >= 15 is 0 Å². The quantitative estimate of drug-likeness (QED) is 0.649. The number of methoxy groups -OCH3 is 1. The average molecular weight is 393 g/mol. The molecule has 0 saturated heterocycles. The van der Waals surface area contributed by atoms with Crippen molar-refractivity contribution in [2.45, 2.75) is 12.7 Å². The van der Waals surface area contributed by atoms with Crippen molar-refractivity contribution in [1.29, 1.82) is 0 Å². The lowest BCUT2D eigenvalue weighted by molar-refractivity contribution is -0.141. The van der Waals surface area contributed by atoms with E-state index in [1.807, 2.05) is 0 Å². The molecule has 3 rings (SSSR count). The lowest BCUT2D eigenvalue weighted by atomic mass is 10.1. The standard InChI is InChI=1S/C17H14F3N5O3/c1-28-16(27)12-5-3-2-4-10(12)8-25-9-11(7-21-25)22-15(26)13-6-14(24-23-13)17(18,19)20/h2-7,9H,8H2,1H3,(H,22,26)(H,23,24). The maximum absolute atomic E-state index is 12.6. The molecule has 0 saturated carbocycles. The van der Waals surface area contributed by atoms with E-state index in [1.165, 1.54) is 24.2 Å². The van der Waals surface area contributed by atoms with Crippen molar-refractivity contribution < 1.29 is 27.5 Å². The fourth-order valence-electron chi connectivity index (χ4n) is 2.43. The molecule has 0 bridgehead atoms. The summed E-state index contributed by atoms with van der Waals surface area (Å²) in [5.74, 6) is -1.31. The van der Waals surface area contributed by atoms with Crippen molar-refractivity contribution >= 4 is 17.6 Å². The molecular weight excluding hydrogens is 379 g/mol. The van der Waals surface area contributed by atoms with Gasteiger partial charge in [-0.3, -0.25) is 14.6 Å². The topological polar surface area (TPSA) is 102 Å². The molecule has 0 aliphatic heterocycles. The van der Waals surface area contributed by atoms with Gasteiger partial charge in [-0.05, 0) is 11.6 Å². The van der Waals surface area contributed by atoms with Gasteiger partial charge < -0.3 is 10.1 Å². The van der Waals surface area contributed by atoms with Crippen LogP contribution in [0.25, 0.3) is 0 Å². The van der Waals surface area contributed by atoms with Crippen LogP contribution >= 0.6 is 0 Å². The number of hydrogen-bond donors (Lipinski definition) is 2. The Hall–Kier alpha value is -3.63. The molecule has 3 aromatic rings. The second-order valence-corrected chi connectivity index (χ2v) is 5.69. The van der Waals surface area contributed by atoms with E-state index in [4.69, 9.17) is 4.74 Å². The molecule has 0 unspecified atom stereocenters. The van der Waals surface area contributed by atoms with Gasteiger partial charge in [-0.1, -0.05) is 18.2 Å². The van der Waals surface area contributed by atoms with Crippen molar-refractivity contribution in [2.75, 3.05) is 12.4 Å². The van der Waals surface area contributed by atoms with Crippen molar-refractivity contribution in [3.63, 3.8) is 0 Å². The zero-order valence-corrected chi connectivity index (χ0v) is 14.4. The first-order valence-corrected chi connectivity index (χ1v) is 7.90. The predicted octanol–water partition coefficient (Wildman–Crippen LogP) is 2.71. The summed E-state index contributed by atoms with van der Waals surface area (Å²) in [6.45, 7) is 0.224. The van der Waals surface area contributed by atoms with E-state index in [0.29, 0.717) is 17.2 Å². The van der Waals surface area contributed by atoms with E-state index < -0.39 is 29.4 Å². The Balaban J connectivity index is 1.71. The predicted molar refractivity (Wildman–Crippen MR) is 90.7 cm³/mol. The first kappa shape index (κ1) is 19.1. The molecule has 0 aliphatic carbocycles. The summed E-state index contributed by atoms with van der Waals surface area (Å²) in [5.41, 5.74) is -0.235. The van der Waals surface area contributed by atoms with Gasteiger partial charge in [0.1, 0.15) is 5.69 Å². The van der Waals surface area contributed by atoms with Gasteiger partial charge >= 0.3 is 12.1 Å². The molecule has 0 spiro atoms. The van der Waals surface area contributed by atoms with Gasteiger partial charge in [-0.25, -0.2) is 4.79 Å². The molecule has 2 N–H and O–H groups in total. The van der Waals surface area contributed by atoms with Crippen LogP contribution in [0, 0.1) is 0 Å². The Morgan fingerprint density at radius 3 is 2.71 bits per heavy atom. The molecule has 2 heterocycles. The largest absolute Gasteiger partial charge is 0.465 e. The van der Waals surface area contributed by atoms with Crippen LogP contribution < -0.4 is 5.32 Å². The van der Waals surface area contributed by atoms with Gasteiger partial charge in [0.2, 0.25) is 0 Å². The molecule has 28 heavy (non-hydrogen) atoms. The number of hydrogen-bond acceptors (Lipinski definition) is 5. The molecule has 146 valence electrons. The lowest BCUT2D eigenvalue weighted by Gasteiger charge is -2.07. The van der Waals surface area contributed by atoms with Crippen molar-refractivity contribution in [3.8, 4) is 0 Å². The van der Waals surface area contributed by atoms with Gasteiger partial charge in [0.15, 0.2) is 5.69 Å². The van der Waals surface area contributed by atoms with Crippen molar-refractivity contribution in [1.82, 2.24) is 20.0 Å². The van der Waals surface area contributed by atoms with Crippen LogP contribution in [0.1, 0.15) is 32.1 Å². The minimum atomic E-state index is -4.62. The summed E-state index contributed by atoms with van der Waals surface area (Å²) in [4.78, 5) is 23.9. The molecule has 0 radical (unpaired) electrons. The maximum Gasteiger partial charge on any atom is 0.432 e. The van der Waals surface area contributed by atoms with E-state index in [1.54, 1.807) is 29.4 Å². The lowest BCUT2D eigenvalue weighted by Crippen LogP contribution is -2.12. The third kappa shape index (κ3) is 4.19. The highest BCUT2D eigenvalue weighted by Gasteiger charge is 2.33. The van der Waals surface area contributed by atoms with E-state index in [0.717, 1.165) is 0 Å². The van der Waals surface area contributed by atoms with Gasteiger partial charge in [0.05, 0.1) is 31.1 Å². The zero-order chi connectivity index (χ0) is 20.3. The van der Waals surface area contributed by atoms with Crippen LogP contribution in [0.15, 0.2) is 42.7 Å². The fraction of sp³-hybridized carbons (Fsp3) is 0.176. The first-order valence-electron chi connectivity index (χ1n) is 7.90. The Bertz CT molecular complexity index is 1010. The summed E-state index contributed by atoms with van der Waals surface area (Å²) in [6.07, 6.45) is -1.82. The van der Waals surface area contributed by atoms with Crippen molar-refractivity contribution in [2.24, 2.45) is 0 Å². The maximum atomic E-state index is 12.6. The number of aromatic nitrogens is 4. The molecule has 11 heteroatoms. The molecule has 1 aromatic carbocycles. The number of ether oxygens (including phenoxy) is 1. The van der Waals surface area contributed by atoms with Crippen LogP contribution in [0.4, 0.5) is 18.9 Å². The number of esters is 1. The van der Waals surface area contributed by atoms with Gasteiger partial charge in [-0.2, -0.15) is 23.4 Å². The number of alkyl halides is 3. The van der Waals surface area contributed by atoms with Crippen LogP contribution in [-0.2, 0) is 17.5 Å². The number of nitrogens with one attached hydrogen (secondary N) is 2. The first-order chi connectivity index (χ1) is 13.3. The number of halogens is 3. The third-order valence-electron chi connectivity index (χ3n) is 3.76. The SMILES string of the molecule is COC(=O)c1ccccc1Cn1cc(NC(=O)c2cc(C(F)(F)F)[nH]n2)cn1. The minimum Gasteiger partial charge on any atom is -0.465 e. The Labute approximate surface area is 156 Å². The van der Waals surface area contributed by atoms with Crippen LogP contribution in [0.3, 0.4) is 0 Å². The van der Waals surface area contributed by atoms with Crippen LogP contribution in [-0.4, -0.2) is 39.0 Å². The average Bonchev–Trinajstić information content (AvgIpc) is 3.31. The third-order valence-corrected chi connectivity index (χ3v) is 3.76. The number of aromatic amines is 1. The number of carbonyl (C=O) groups excluding carboxylic acids is 2. The van der Waals surface area contributed by atoms with Gasteiger partial charge in [0, 0.05) is 12.3 Å². The molecule has 1 amide bonds. The number of anilines is 1. The van der Waals surface area contributed by atoms with E-state index in [2.05, 4.69) is 15.5 Å². The second-order valence-electron chi connectivity index (χ2n) is 5.69. The normalized spacial score (nSPS) is 11.3. The molecule has 0 aliphatic rings. The Morgan fingerprint density at radius 2 is 2.04 bits per heavy atom. The molecule has 8 nitrogen and oxygen atoms in total. The highest BCUT2D eigenvalue weighted by atomic mass is 19.4. The summed E-state index contributed by atoms with van der Waals surface area (Å²) in [5, 5.41) is 11.6. The summed E-state index contributed by atoms with van der Waals surface area (Å²) in [6, 6.07) is 7.41. The fourth-order valence-corrected chi connectivity index (χ4v) is 2.43. The number of amides is 1. The van der Waals surface area contributed by atoms with E-state index in [-0.39, 0.29) is 12.2 Å². The highest BCUT2D eigenvalue weighted by molar-refractivity contribution is 6.02.